The zero-order chi connectivity index (χ0) is 11.6. The van der Waals surface area contributed by atoms with E-state index in [1.165, 1.54) is 5.56 Å². The van der Waals surface area contributed by atoms with Crippen LogP contribution in [-0.4, -0.2) is 9.97 Å². The van der Waals surface area contributed by atoms with Gasteiger partial charge in [0, 0.05) is 24.3 Å². The fraction of sp³-hybridized carbons (Fsp3) is 0.0714. The lowest BCUT2D eigenvalue weighted by Crippen LogP contribution is -1.79. The molecular formula is C14H16N2. The Morgan fingerprint density at radius 1 is 1.19 bits per heavy atom. The van der Waals surface area contributed by atoms with E-state index < -0.39 is 0 Å². The van der Waals surface area contributed by atoms with Crippen molar-refractivity contribution in [2.45, 2.75) is 6.42 Å². The maximum absolute atomic E-state index is 3.78. The van der Waals surface area contributed by atoms with Crippen LogP contribution in [-0.2, 0) is 6.42 Å². The largest absolute Gasteiger partial charge is 0.361 e. The maximum atomic E-state index is 3.78. The molecule has 2 nitrogen and oxygen atoms in total. The summed E-state index contributed by atoms with van der Waals surface area (Å²) in [7, 11) is 0. The van der Waals surface area contributed by atoms with Gasteiger partial charge in [-0.2, -0.15) is 0 Å². The molecule has 0 unspecified atom stereocenters. The van der Waals surface area contributed by atoms with Crippen molar-refractivity contribution >= 4 is 6.08 Å². The van der Waals surface area contributed by atoms with Crippen molar-refractivity contribution < 1.29 is 0 Å². The van der Waals surface area contributed by atoms with Gasteiger partial charge in [-0.25, -0.2) is 0 Å². The Hall–Kier alpha value is -2.09. The Labute approximate surface area is 96.4 Å². The quantitative estimate of drug-likeness (QED) is 0.775. The van der Waals surface area contributed by atoms with E-state index in [0.717, 1.165) is 12.1 Å². The molecule has 0 aliphatic rings. The molecule has 16 heavy (non-hydrogen) atoms. The third kappa shape index (κ3) is 3.96. The molecule has 0 aliphatic carbocycles. The van der Waals surface area contributed by atoms with Crippen molar-refractivity contribution in [1.82, 2.24) is 9.97 Å². The zero-order valence-electron chi connectivity index (χ0n) is 9.26. The number of H-pyrrole nitrogens is 1. The molecule has 2 rings (SSSR count). The Morgan fingerprint density at radius 2 is 1.94 bits per heavy atom. The first-order valence-corrected chi connectivity index (χ1v) is 5.13. The van der Waals surface area contributed by atoms with Crippen LogP contribution in [0.15, 0.2) is 62.1 Å². The van der Waals surface area contributed by atoms with Gasteiger partial charge < -0.3 is 4.98 Å². The molecule has 0 aromatic carbocycles. The van der Waals surface area contributed by atoms with Crippen LogP contribution in [0.5, 0.6) is 0 Å². The molecule has 2 aromatic rings. The standard InChI is InChI=1S/C9H11N.C5H5N/c1-3-5-8-6-7-10-9(8)4-2;1-2-4-6-5-3-1/h3-4,6-7,10H,1-2,5H2;1-5H. The average Bonchev–Trinajstić information content (AvgIpc) is 2.80. The third-order valence-corrected chi connectivity index (χ3v) is 2.00. The normalized spacial score (nSPS) is 8.75. The summed E-state index contributed by atoms with van der Waals surface area (Å²) in [6, 6.07) is 7.76. The van der Waals surface area contributed by atoms with Crippen LogP contribution in [0.2, 0.25) is 0 Å². The summed E-state index contributed by atoms with van der Waals surface area (Å²) in [6.07, 6.45) is 10.0. The van der Waals surface area contributed by atoms with Gasteiger partial charge >= 0.3 is 0 Å². The molecule has 0 fully saturated rings. The smallest absolute Gasteiger partial charge is 0.0410 e. The summed E-state index contributed by atoms with van der Waals surface area (Å²) in [5.74, 6) is 0. The molecule has 2 heteroatoms. The number of aromatic amines is 1. The van der Waals surface area contributed by atoms with E-state index in [1.807, 2.05) is 42.6 Å². The number of pyridine rings is 1. The van der Waals surface area contributed by atoms with E-state index in [2.05, 4.69) is 23.1 Å². The second-order valence-electron chi connectivity index (χ2n) is 3.14. The minimum atomic E-state index is 0.908. The third-order valence-electron chi connectivity index (χ3n) is 2.00. The van der Waals surface area contributed by atoms with Gasteiger partial charge in [-0.15, -0.1) is 6.58 Å². The van der Waals surface area contributed by atoms with E-state index >= 15 is 0 Å². The van der Waals surface area contributed by atoms with Gasteiger partial charge in [0.2, 0.25) is 0 Å². The summed E-state index contributed by atoms with van der Waals surface area (Å²) < 4.78 is 0. The van der Waals surface area contributed by atoms with Gasteiger partial charge in [0.15, 0.2) is 0 Å². The summed E-state index contributed by atoms with van der Waals surface area (Å²) in [4.78, 5) is 6.86. The molecule has 2 aromatic heterocycles. The molecule has 0 amide bonds. The molecule has 0 aliphatic heterocycles. The number of nitrogens with zero attached hydrogens (tertiary/aromatic N) is 1. The van der Waals surface area contributed by atoms with Crippen LogP contribution in [0.3, 0.4) is 0 Å². The van der Waals surface area contributed by atoms with Crippen molar-refractivity contribution in [3.63, 3.8) is 0 Å². The molecule has 0 spiro atoms. The van der Waals surface area contributed by atoms with Crippen molar-refractivity contribution in [2.24, 2.45) is 0 Å². The molecule has 82 valence electrons. The Bertz CT molecular complexity index is 389. The molecule has 0 bridgehead atoms. The lowest BCUT2D eigenvalue weighted by molar-refractivity contribution is 1.25. The molecule has 2 heterocycles. The van der Waals surface area contributed by atoms with Gasteiger partial charge in [-0.05, 0) is 36.3 Å². The number of rotatable bonds is 3. The fourth-order valence-corrected chi connectivity index (χ4v) is 1.25. The molecule has 0 saturated heterocycles. The van der Waals surface area contributed by atoms with Crippen LogP contribution in [0.25, 0.3) is 6.08 Å². The summed E-state index contributed by atoms with van der Waals surface area (Å²) >= 11 is 0. The second-order valence-corrected chi connectivity index (χ2v) is 3.14. The van der Waals surface area contributed by atoms with Crippen LogP contribution in [0.1, 0.15) is 11.3 Å². The average molecular weight is 212 g/mol. The molecule has 1 N–H and O–H groups in total. The first kappa shape index (κ1) is 12.0. The molecule has 0 radical (unpaired) electrons. The van der Waals surface area contributed by atoms with E-state index in [4.69, 9.17) is 0 Å². The van der Waals surface area contributed by atoms with Gasteiger partial charge in [0.05, 0.1) is 0 Å². The summed E-state index contributed by atoms with van der Waals surface area (Å²) in [5.41, 5.74) is 2.35. The highest BCUT2D eigenvalue weighted by Crippen LogP contribution is 2.08. The predicted octanol–water partition coefficient (Wildman–Crippen LogP) is 3.47. The Morgan fingerprint density at radius 3 is 2.38 bits per heavy atom. The fourth-order valence-electron chi connectivity index (χ4n) is 1.25. The lowest BCUT2D eigenvalue weighted by Gasteiger charge is -1.91. The van der Waals surface area contributed by atoms with Crippen LogP contribution in [0.4, 0.5) is 0 Å². The van der Waals surface area contributed by atoms with Crippen LogP contribution >= 0.6 is 0 Å². The molecule has 0 atom stereocenters. The highest BCUT2D eigenvalue weighted by atomic mass is 14.7. The van der Waals surface area contributed by atoms with Crippen molar-refractivity contribution in [1.29, 1.82) is 0 Å². The van der Waals surface area contributed by atoms with Crippen molar-refractivity contribution in [3.8, 4) is 0 Å². The zero-order valence-corrected chi connectivity index (χ0v) is 9.26. The Kier molecular flexibility index (Phi) is 5.42. The highest BCUT2D eigenvalue weighted by Gasteiger charge is 1.95. The SMILES string of the molecule is C=CCc1cc[nH]c1C=C.c1ccncc1. The maximum Gasteiger partial charge on any atom is 0.0410 e. The van der Waals surface area contributed by atoms with Crippen LogP contribution < -0.4 is 0 Å². The minimum absolute atomic E-state index is 0.908. The van der Waals surface area contributed by atoms with E-state index in [-0.39, 0.29) is 0 Å². The number of nitrogens with one attached hydrogen (secondary N) is 1. The van der Waals surface area contributed by atoms with E-state index in [9.17, 15) is 0 Å². The summed E-state index contributed by atoms with van der Waals surface area (Å²) in [6.45, 7) is 7.34. The number of aromatic nitrogens is 2. The summed E-state index contributed by atoms with van der Waals surface area (Å²) in [5, 5.41) is 0. The van der Waals surface area contributed by atoms with E-state index in [0.29, 0.717) is 0 Å². The van der Waals surface area contributed by atoms with Gasteiger partial charge in [0.25, 0.3) is 0 Å². The van der Waals surface area contributed by atoms with Gasteiger partial charge in [-0.3, -0.25) is 4.98 Å². The Balaban J connectivity index is 0.000000181. The highest BCUT2D eigenvalue weighted by molar-refractivity contribution is 5.47. The predicted molar refractivity (Wildman–Crippen MR) is 69.0 cm³/mol. The minimum Gasteiger partial charge on any atom is -0.361 e. The van der Waals surface area contributed by atoms with E-state index in [1.54, 1.807) is 12.4 Å². The topological polar surface area (TPSA) is 28.7 Å². The first-order chi connectivity index (χ1) is 7.88. The van der Waals surface area contributed by atoms with Crippen molar-refractivity contribution in [3.05, 3.63) is 73.3 Å². The van der Waals surface area contributed by atoms with Gasteiger partial charge in [0.1, 0.15) is 0 Å². The molecule has 0 saturated carbocycles. The van der Waals surface area contributed by atoms with Gasteiger partial charge in [-0.1, -0.05) is 18.7 Å². The number of hydrogen-bond acceptors (Lipinski definition) is 1. The van der Waals surface area contributed by atoms with Crippen molar-refractivity contribution in [2.75, 3.05) is 0 Å². The lowest BCUT2D eigenvalue weighted by atomic mass is 10.2. The van der Waals surface area contributed by atoms with Crippen LogP contribution in [0, 0.1) is 0 Å². The number of hydrogen-bond donors (Lipinski definition) is 1. The molecular weight excluding hydrogens is 196 g/mol. The number of allylic oxidation sites excluding steroid dienone is 1. The monoisotopic (exact) mass is 212 g/mol. The first-order valence-electron chi connectivity index (χ1n) is 5.13. The second kappa shape index (κ2) is 7.23.